The molecule has 30 heavy (non-hydrogen) atoms. The van der Waals surface area contributed by atoms with Gasteiger partial charge in [0.2, 0.25) is 11.8 Å². The summed E-state index contributed by atoms with van der Waals surface area (Å²) in [6.07, 6.45) is 0. The third kappa shape index (κ3) is 2.00. The fraction of sp³-hybridized carbons (Fsp3) is 0. The lowest BCUT2D eigenvalue weighted by Crippen LogP contribution is -2.06. The van der Waals surface area contributed by atoms with Crippen LogP contribution in [0.5, 0.6) is 11.6 Å². The molecule has 1 aliphatic rings. The van der Waals surface area contributed by atoms with Crippen molar-refractivity contribution >= 4 is 32.7 Å². The number of ether oxygens (including phenoxy) is 1. The molecule has 1 aliphatic heterocycles. The molecule has 3 heterocycles. The van der Waals surface area contributed by atoms with Crippen molar-refractivity contribution in [1.29, 1.82) is 0 Å². The zero-order valence-electron chi connectivity index (χ0n) is 15.9. The smallest absolute Gasteiger partial charge is 0.238 e. The van der Waals surface area contributed by atoms with Gasteiger partial charge in [0.1, 0.15) is 5.75 Å². The minimum absolute atomic E-state index is 0.603. The van der Waals surface area contributed by atoms with Gasteiger partial charge in [0.05, 0.1) is 21.9 Å². The van der Waals surface area contributed by atoms with Crippen LogP contribution in [0.4, 0.5) is 0 Å². The topological polar surface area (TPSA) is 39.9 Å². The lowest BCUT2D eigenvalue weighted by molar-refractivity contribution is 0.466. The summed E-state index contributed by atoms with van der Waals surface area (Å²) < 4.78 is 8.37. The first kappa shape index (κ1) is 15.7. The van der Waals surface area contributed by atoms with Crippen LogP contribution in [0, 0.1) is 0 Å². The predicted octanol–water partition coefficient (Wildman–Crippen LogP) is 6.50. The molecule has 0 saturated carbocycles. The maximum absolute atomic E-state index is 6.25. The molecule has 2 aromatic heterocycles. The minimum Gasteiger partial charge on any atom is -0.438 e. The highest BCUT2D eigenvalue weighted by Crippen LogP contribution is 2.45. The first-order valence-corrected chi connectivity index (χ1v) is 9.95. The minimum atomic E-state index is 0.603. The Labute approximate surface area is 172 Å². The van der Waals surface area contributed by atoms with Crippen molar-refractivity contribution in [3.63, 3.8) is 0 Å². The summed E-state index contributed by atoms with van der Waals surface area (Å²) in [4.78, 5) is 9.87. The Bertz CT molecular complexity index is 1580. The van der Waals surface area contributed by atoms with E-state index in [9.17, 15) is 0 Å². The molecule has 0 fully saturated rings. The van der Waals surface area contributed by atoms with E-state index in [1.54, 1.807) is 0 Å². The second-order valence-corrected chi connectivity index (χ2v) is 7.50. The van der Waals surface area contributed by atoms with Crippen LogP contribution in [-0.4, -0.2) is 14.5 Å². The van der Waals surface area contributed by atoms with Gasteiger partial charge in [0.25, 0.3) is 0 Å². The first-order valence-electron chi connectivity index (χ1n) is 9.95. The van der Waals surface area contributed by atoms with E-state index >= 15 is 0 Å². The predicted molar refractivity (Wildman–Crippen MR) is 119 cm³/mol. The van der Waals surface area contributed by atoms with Crippen LogP contribution < -0.4 is 4.74 Å². The summed E-state index contributed by atoms with van der Waals surface area (Å²) in [5, 5.41) is 3.33. The van der Waals surface area contributed by atoms with Gasteiger partial charge in [-0.25, -0.2) is 4.98 Å². The monoisotopic (exact) mass is 385 g/mol. The van der Waals surface area contributed by atoms with E-state index in [-0.39, 0.29) is 0 Å². The summed E-state index contributed by atoms with van der Waals surface area (Å²) in [6.45, 7) is 0. The van der Waals surface area contributed by atoms with E-state index < -0.39 is 0 Å². The van der Waals surface area contributed by atoms with E-state index in [2.05, 4.69) is 53.1 Å². The van der Waals surface area contributed by atoms with Crippen molar-refractivity contribution in [2.24, 2.45) is 0 Å². The lowest BCUT2D eigenvalue weighted by Gasteiger charge is -2.20. The third-order valence-electron chi connectivity index (χ3n) is 5.84. The van der Waals surface area contributed by atoms with E-state index in [0.717, 1.165) is 38.8 Å². The van der Waals surface area contributed by atoms with Gasteiger partial charge in [-0.3, -0.25) is 4.57 Å². The fourth-order valence-electron chi connectivity index (χ4n) is 4.56. The Morgan fingerprint density at radius 3 is 2.07 bits per heavy atom. The van der Waals surface area contributed by atoms with Gasteiger partial charge in [0.15, 0.2) is 0 Å². The van der Waals surface area contributed by atoms with Crippen LogP contribution in [0.15, 0.2) is 91.0 Å². The van der Waals surface area contributed by atoms with Gasteiger partial charge in [-0.2, -0.15) is 4.98 Å². The molecular weight excluding hydrogens is 370 g/mol. The molecule has 4 nitrogen and oxygen atoms in total. The molecule has 4 heteroatoms. The highest BCUT2D eigenvalue weighted by atomic mass is 16.5. The maximum atomic E-state index is 6.25. The second kappa shape index (κ2) is 5.67. The largest absolute Gasteiger partial charge is 0.438 e. The molecule has 0 bridgehead atoms. The Morgan fingerprint density at radius 2 is 1.27 bits per heavy atom. The zero-order valence-corrected chi connectivity index (χ0v) is 15.9. The standard InChI is InChI=1S/C26H15N3O/c1-4-13-21-16(8-1)17-9-2-5-14-22(17)29(21)26-27-20-12-7-11-19-18-10-3-6-15-23(18)30-25(28-26)24(19)20/h1-15H. The number of hydrogen-bond donors (Lipinski definition) is 0. The van der Waals surface area contributed by atoms with Crippen molar-refractivity contribution in [3.05, 3.63) is 91.0 Å². The lowest BCUT2D eigenvalue weighted by atomic mass is 9.98. The van der Waals surface area contributed by atoms with E-state index in [1.165, 1.54) is 10.8 Å². The number of para-hydroxylation sites is 3. The van der Waals surface area contributed by atoms with Crippen molar-refractivity contribution < 1.29 is 4.74 Å². The van der Waals surface area contributed by atoms with Crippen LogP contribution in [0.3, 0.4) is 0 Å². The molecule has 140 valence electrons. The van der Waals surface area contributed by atoms with Crippen molar-refractivity contribution in [3.8, 4) is 28.7 Å². The van der Waals surface area contributed by atoms with E-state index in [1.807, 2.05) is 42.5 Å². The number of nitrogens with zero attached hydrogens (tertiary/aromatic N) is 3. The highest BCUT2D eigenvalue weighted by Gasteiger charge is 2.23. The van der Waals surface area contributed by atoms with Gasteiger partial charge in [-0.15, -0.1) is 0 Å². The Morgan fingerprint density at radius 1 is 0.600 bits per heavy atom. The molecule has 0 N–H and O–H groups in total. The SMILES string of the molecule is c1ccc2c(c1)Oc1nc(-n3c4ccccc4c4ccccc43)nc3cccc-2c13. The molecule has 0 atom stereocenters. The molecule has 0 spiro atoms. The average Bonchev–Trinajstić information content (AvgIpc) is 3.14. The Kier molecular flexibility index (Phi) is 2.97. The summed E-state index contributed by atoms with van der Waals surface area (Å²) >= 11 is 0. The van der Waals surface area contributed by atoms with Crippen LogP contribution in [0.1, 0.15) is 0 Å². The average molecular weight is 385 g/mol. The van der Waals surface area contributed by atoms with Gasteiger partial charge < -0.3 is 4.74 Å². The van der Waals surface area contributed by atoms with Crippen LogP contribution in [0.2, 0.25) is 0 Å². The number of benzene rings is 4. The van der Waals surface area contributed by atoms with Crippen molar-refractivity contribution in [2.75, 3.05) is 0 Å². The molecule has 7 rings (SSSR count). The number of rotatable bonds is 1. The number of hydrogen-bond acceptors (Lipinski definition) is 3. The highest BCUT2D eigenvalue weighted by molar-refractivity contribution is 6.09. The van der Waals surface area contributed by atoms with Crippen LogP contribution >= 0.6 is 0 Å². The summed E-state index contributed by atoms with van der Waals surface area (Å²) in [5.41, 5.74) is 5.22. The normalized spacial score (nSPS) is 12.3. The number of fused-ring (bicyclic) bond motifs is 5. The van der Waals surface area contributed by atoms with Crippen LogP contribution in [-0.2, 0) is 0 Å². The van der Waals surface area contributed by atoms with E-state index in [4.69, 9.17) is 14.7 Å². The molecule has 0 saturated heterocycles. The third-order valence-corrected chi connectivity index (χ3v) is 5.84. The quantitative estimate of drug-likeness (QED) is 0.324. The summed E-state index contributed by atoms with van der Waals surface area (Å²) in [7, 11) is 0. The Hall–Kier alpha value is -4.18. The van der Waals surface area contributed by atoms with Crippen LogP contribution in [0.25, 0.3) is 49.8 Å². The number of aromatic nitrogens is 3. The summed E-state index contributed by atoms with van der Waals surface area (Å²) in [5.74, 6) is 2.04. The Balaban J connectivity index is 1.60. The molecule has 0 unspecified atom stereocenters. The molecule has 6 aromatic rings. The van der Waals surface area contributed by atoms with Gasteiger partial charge in [0, 0.05) is 21.9 Å². The van der Waals surface area contributed by atoms with Gasteiger partial charge in [-0.1, -0.05) is 66.7 Å². The zero-order chi connectivity index (χ0) is 19.7. The van der Waals surface area contributed by atoms with Crippen molar-refractivity contribution in [2.45, 2.75) is 0 Å². The first-order chi connectivity index (χ1) is 14.9. The molecular formula is C26H15N3O. The molecule has 0 radical (unpaired) electrons. The van der Waals surface area contributed by atoms with E-state index in [0.29, 0.717) is 11.8 Å². The van der Waals surface area contributed by atoms with Crippen molar-refractivity contribution in [1.82, 2.24) is 14.5 Å². The second-order valence-electron chi connectivity index (χ2n) is 7.50. The van der Waals surface area contributed by atoms with Gasteiger partial charge >= 0.3 is 0 Å². The molecule has 4 aromatic carbocycles. The maximum Gasteiger partial charge on any atom is 0.238 e. The van der Waals surface area contributed by atoms with Gasteiger partial charge in [-0.05, 0) is 24.3 Å². The molecule has 0 amide bonds. The summed E-state index contributed by atoms with van der Waals surface area (Å²) in [6, 6.07) is 31.0. The molecule has 0 aliphatic carbocycles. The fourth-order valence-corrected chi connectivity index (χ4v) is 4.56.